The Bertz CT molecular complexity index is 1130. The third kappa shape index (κ3) is 3.84. The highest BCUT2D eigenvalue weighted by molar-refractivity contribution is 6.03. The summed E-state index contributed by atoms with van der Waals surface area (Å²) in [5.41, 5.74) is 3.20. The van der Waals surface area contributed by atoms with Gasteiger partial charge in [-0.1, -0.05) is 48.5 Å². The lowest BCUT2D eigenvalue weighted by atomic mass is 10.0. The number of hydrogen-bond donors (Lipinski definition) is 1. The first-order valence-electron chi connectivity index (χ1n) is 10.3. The van der Waals surface area contributed by atoms with Crippen molar-refractivity contribution in [2.24, 2.45) is 0 Å². The van der Waals surface area contributed by atoms with Crippen molar-refractivity contribution in [3.8, 4) is 11.5 Å². The summed E-state index contributed by atoms with van der Waals surface area (Å²) in [6.45, 7) is 1.40. The number of hydrogen-bond acceptors (Lipinski definition) is 4. The number of carbonyl (C=O) groups is 2. The number of nitrogens with zero attached hydrogens (tertiary/aromatic N) is 1. The molecule has 6 heteroatoms. The molecule has 2 aliphatic heterocycles. The molecule has 2 heterocycles. The van der Waals surface area contributed by atoms with Gasteiger partial charge in [0.2, 0.25) is 5.91 Å². The Morgan fingerprint density at radius 1 is 0.935 bits per heavy atom. The minimum Gasteiger partial charge on any atom is -0.486 e. The topological polar surface area (TPSA) is 67.9 Å². The van der Waals surface area contributed by atoms with Crippen LogP contribution in [0.2, 0.25) is 0 Å². The molecule has 1 atom stereocenters. The molecule has 6 nitrogen and oxygen atoms in total. The second-order valence-electron chi connectivity index (χ2n) is 7.64. The summed E-state index contributed by atoms with van der Waals surface area (Å²) in [4.78, 5) is 28.1. The van der Waals surface area contributed by atoms with Crippen molar-refractivity contribution >= 4 is 17.5 Å². The molecule has 3 aromatic carbocycles. The second kappa shape index (κ2) is 8.14. The molecule has 2 aliphatic rings. The van der Waals surface area contributed by atoms with Crippen LogP contribution in [0.25, 0.3) is 0 Å². The minimum absolute atomic E-state index is 0.117. The summed E-state index contributed by atoms with van der Waals surface area (Å²) in [6, 6.07) is 21.9. The Morgan fingerprint density at radius 2 is 1.68 bits per heavy atom. The molecule has 0 spiro atoms. The summed E-state index contributed by atoms with van der Waals surface area (Å²) in [6.07, 6.45) is 0.428. The summed E-state index contributed by atoms with van der Waals surface area (Å²) in [7, 11) is 0. The highest BCUT2D eigenvalue weighted by atomic mass is 16.6. The normalized spacial score (nSPS) is 15.4. The van der Waals surface area contributed by atoms with Gasteiger partial charge >= 0.3 is 0 Å². The molecule has 0 saturated heterocycles. The first-order chi connectivity index (χ1) is 15.2. The fourth-order valence-corrected chi connectivity index (χ4v) is 4.06. The van der Waals surface area contributed by atoms with E-state index in [2.05, 4.69) is 5.32 Å². The largest absolute Gasteiger partial charge is 0.486 e. The van der Waals surface area contributed by atoms with Gasteiger partial charge in [-0.15, -0.1) is 0 Å². The third-order valence-electron chi connectivity index (χ3n) is 5.61. The van der Waals surface area contributed by atoms with E-state index >= 15 is 0 Å². The lowest BCUT2D eigenvalue weighted by Crippen LogP contribution is -2.45. The highest BCUT2D eigenvalue weighted by Gasteiger charge is 2.36. The summed E-state index contributed by atoms with van der Waals surface area (Å²) < 4.78 is 11.2. The van der Waals surface area contributed by atoms with Gasteiger partial charge in [-0.3, -0.25) is 9.59 Å². The standard InChI is InChI=1S/C25H22N2O4/c28-24(26-19-10-11-22-23(15-19)31-13-12-30-22)21(14-17-6-2-1-3-7-17)27-16-18-8-4-5-9-20(18)25(27)29/h1-11,15,21H,12-14,16H2,(H,26,28)/t21-/m1/s1. The summed E-state index contributed by atoms with van der Waals surface area (Å²) >= 11 is 0. The van der Waals surface area contributed by atoms with E-state index in [0.29, 0.717) is 48.9 Å². The van der Waals surface area contributed by atoms with Crippen LogP contribution in [0.5, 0.6) is 11.5 Å². The molecule has 0 unspecified atom stereocenters. The molecule has 0 aromatic heterocycles. The predicted octanol–water partition coefficient (Wildman–Crippen LogP) is 3.66. The van der Waals surface area contributed by atoms with Crippen molar-refractivity contribution in [3.05, 3.63) is 89.5 Å². The summed E-state index contributed by atoms with van der Waals surface area (Å²) in [5, 5.41) is 2.97. The first kappa shape index (κ1) is 19.2. The monoisotopic (exact) mass is 414 g/mol. The van der Waals surface area contributed by atoms with E-state index < -0.39 is 6.04 Å². The number of rotatable bonds is 5. The van der Waals surface area contributed by atoms with Crippen molar-refractivity contribution in [1.82, 2.24) is 4.90 Å². The fourth-order valence-electron chi connectivity index (χ4n) is 4.06. The minimum atomic E-state index is -0.643. The van der Waals surface area contributed by atoms with Gasteiger partial charge in [-0.05, 0) is 29.3 Å². The van der Waals surface area contributed by atoms with Crippen LogP contribution in [0.4, 0.5) is 5.69 Å². The predicted molar refractivity (Wildman–Crippen MR) is 116 cm³/mol. The number of ether oxygens (including phenoxy) is 2. The molecule has 1 N–H and O–H groups in total. The van der Waals surface area contributed by atoms with Gasteiger partial charge in [-0.2, -0.15) is 0 Å². The van der Waals surface area contributed by atoms with Gasteiger partial charge in [0.05, 0.1) is 0 Å². The molecule has 31 heavy (non-hydrogen) atoms. The van der Waals surface area contributed by atoms with E-state index in [9.17, 15) is 9.59 Å². The molecule has 0 fully saturated rings. The van der Waals surface area contributed by atoms with Gasteiger partial charge in [0.1, 0.15) is 19.3 Å². The molecule has 3 aromatic rings. The third-order valence-corrected chi connectivity index (χ3v) is 5.61. The van der Waals surface area contributed by atoms with E-state index in [4.69, 9.17) is 9.47 Å². The zero-order chi connectivity index (χ0) is 21.2. The molecular weight excluding hydrogens is 392 g/mol. The molecule has 2 amide bonds. The van der Waals surface area contributed by atoms with Crippen molar-refractivity contribution in [1.29, 1.82) is 0 Å². The molecule has 156 valence electrons. The summed E-state index contributed by atoms with van der Waals surface area (Å²) in [5.74, 6) is 0.916. The van der Waals surface area contributed by atoms with E-state index in [1.165, 1.54) is 0 Å². The van der Waals surface area contributed by atoms with Crippen molar-refractivity contribution in [2.75, 3.05) is 18.5 Å². The van der Waals surface area contributed by atoms with E-state index in [0.717, 1.165) is 11.1 Å². The van der Waals surface area contributed by atoms with Gasteiger partial charge in [0.25, 0.3) is 5.91 Å². The lowest BCUT2D eigenvalue weighted by Gasteiger charge is -2.27. The smallest absolute Gasteiger partial charge is 0.255 e. The van der Waals surface area contributed by atoms with Crippen LogP contribution in [0, 0.1) is 0 Å². The van der Waals surface area contributed by atoms with Crippen LogP contribution in [0.1, 0.15) is 21.5 Å². The van der Waals surface area contributed by atoms with Gasteiger partial charge in [0, 0.05) is 30.3 Å². The number of amides is 2. The molecule has 0 aliphatic carbocycles. The molecule has 0 bridgehead atoms. The Labute approximate surface area is 180 Å². The molecule has 0 radical (unpaired) electrons. The van der Waals surface area contributed by atoms with Gasteiger partial charge in [-0.25, -0.2) is 0 Å². The Kier molecular flexibility index (Phi) is 5.04. The zero-order valence-electron chi connectivity index (χ0n) is 16.9. The molecule has 0 saturated carbocycles. The maximum absolute atomic E-state index is 13.4. The average Bonchev–Trinajstić information content (AvgIpc) is 3.14. The molecule has 5 rings (SSSR count). The van der Waals surface area contributed by atoms with E-state index in [1.54, 1.807) is 23.1 Å². The maximum atomic E-state index is 13.4. The molecular formula is C25H22N2O4. The van der Waals surface area contributed by atoms with Crippen molar-refractivity contribution in [2.45, 2.75) is 19.0 Å². The maximum Gasteiger partial charge on any atom is 0.255 e. The number of nitrogens with one attached hydrogen (secondary N) is 1. The zero-order valence-corrected chi connectivity index (χ0v) is 16.9. The fraction of sp³-hybridized carbons (Fsp3) is 0.200. The van der Waals surface area contributed by atoms with Crippen LogP contribution < -0.4 is 14.8 Å². The number of fused-ring (bicyclic) bond motifs is 2. The van der Waals surface area contributed by atoms with Crippen molar-refractivity contribution < 1.29 is 19.1 Å². The van der Waals surface area contributed by atoms with E-state index in [1.807, 2.05) is 54.6 Å². The second-order valence-corrected chi connectivity index (χ2v) is 7.64. The Balaban J connectivity index is 1.42. The van der Waals surface area contributed by atoms with Crippen LogP contribution in [0.3, 0.4) is 0 Å². The highest BCUT2D eigenvalue weighted by Crippen LogP contribution is 2.33. The number of benzene rings is 3. The van der Waals surface area contributed by atoms with E-state index in [-0.39, 0.29) is 11.8 Å². The van der Waals surface area contributed by atoms with Crippen LogP contribution in [0.15, 0.2) is 72.8 Å². The Hall–Kier alpha value is -3.80. The SMILES string of the molecule is O=C(Nc1ccc2c(c1)OCCO2)[C@@H](Cc1ccccc1)N1Cc2ccccc2C1=O. The lowest BCUT2D eigenvalue weighted by molar-refractivity contribution is -0.120. The van der Waals surface area contributed by atoms with Crippen LogP contribution in [-0.2, 0) is 17.8 Å². The number of anilines is 1. The quantitative estimate of drug-likeness (QED) is 0.692. The Morgan fingerprint density at radius 3 is 2.48 bits per heavy atom. The van der Waals surface area contributed by atoms with Gasteiger partial charge < -0.3 is 19.7 Å². The van der Waals surface area contributed by atoms with Gasteiger partial charge in [0.15, 0.2) is 11.5 Å². The number of carbonyl (C=O) groups excluding carboxylic acids is 2. The van der Waals surface area contributed by atoms with Crippen molar-refractivity contribution in [3.63, 3.8) is 0 Å². The average molecular weight is 414 g/mol. The van der Waals surface area contributed by atoms with Crippen LogP contribution in [-0.4, -0.2) is 36.0 Å². The first-order valence-corrected chi connectivity index (χ1v) is 10.3. The van der Waals surface area contributed by atoms with Crippen LogP contribution >= 0.6 is 0 Å².